The molecule has 0 N–H and O–H groups in total. The molecule has 15 heavy (non-hydrogen) atoms. The van der Waals surface area contributed by atoms with E-state index in [2.05, 4.69) is 24.8 Å². The number of esters is 1. The van der Waals surface area contributed by atoms with Crippen molar-refractivity contribution in [2.45, 2.75) is 26.2 Å². The van der Waals surface area contributed by atoms with Crippen molar-refractivity contribution >= 4 is 5.97 Å². The third kappa shape index (κ3) is 4.45. The molecule has 0 aromatic rings. The van der Waals surface area contributed by atoms with E-state index in [4.69, 9.17) is 4.74 Å². The van der Waals surface area contributed by atoms with Crippen LogP contribution in [0, 0.1) is 0 Å². The highest BCUT2D eigenvalue weighted by Gasteiger charge is 2.12. The number of hydrogen-bond acceptors (Lipinski definition) is 2. The van der Waals surface area contributed by atoms with Gasteiger partial charge in [0, 0.05) is 0 Å². The van der Waals surface area contributed by atoms with Gasteiger partial charge in [-0.05, 0) is 25.3 Å². The summed E-state index contributed by atoms with van der Waals surface area (Å²) >= 11 is 0. The highest BCUT2D eigenvalue weighted by molar-refractivity contribution is 5.75. The van der Waals surface area contributed by atoms with Crippen LogP contribution >= 0.6 is 0 Å². The van der Waals surface area contributed by atoms with Gasteiger partial charge >= 0.3 is 5.97 Å². The van der Waals surface area contributed by atoms with Crippen molar-refractivity contribution in [3.8, 4) is 0 Å². The summed E-state index contributed by atoms with van der Waals surface area (Å²) < 4.78 is 4.73. The van der Waals surface area contributed by atoms with Gasteiger partial charge in [-0.15, -0.1) is 6.58 Å². The molecule has 0 unspecified atom stereocenters. The van der Waals surface area contributed by atoms with Crippen molar-refractivity contribution in [2.24, 2.45) is 0 Å². The summed E-state index contributed by atoms with van der Waals surface area (Å²) in [4.78, 5) is 10.8. The molecule has 1 rings (SSSR count). The fourth-order valence-electron chi connectivity index (χ4n) is 1.25. The van der Waals surface area contributed by atoms with Crippen LogP contribution in [-0.4, -0.2) is 5.97 Å². The van der Waals surface area contributed by atoms with Crippen molar-refractivity contribution < 1.29 is 9.53 Å². The Kier molecular flexibility index (Phi) is 4.61. The lowest BCUT2D eigenvalue weighted by atomic mass is 10.1. The molecule has 0 radical (unpaired) electrons. The van der Waals surface area contributed by atoms with Crippen LogP contribution in [0.4, 0.5) is 0 Å². The molecule has 2 nitrogen and oxygen atoms in total. The first kappa shape index (κ1) is 11.5. The maximum absolute atomic E-state index is 10.8. The lowest BCUT2D eigenvalue weighted by Crippen LogP contribution is -1.90. The molecule has 2 heteroatoms. The fourth-order valence-corrected chi connectivity index (χ4v) is 1.25. The Morgan fingerprint density at radius 1 is 1.67 bits per heavy atom. The Morgan fingerprint density at radius 2 is 2.47 bits per heavy atom. The molecule has 0 aromatic heterocycles. The average molecular weight is 204 g/mol. The van der Waals surface area contributed by atoms with Crippen LogP contribution in [-0.2, 0) is 9.53 Å². The Morgan fingerprint density at radius 3 is 3.07 bits per heavy atom. The van der Waals surface area contributed by atoms with E-state index >= 15 is 0 Å². The smallest absolute Gasteiger partial charge is 0.314 e. The van der Waals surface area contributed by atoms with Gasteiger partial charge in [0.25, 0.3) is 0 Å². The first-order chi connectivity index (χ1) is 7.22. The Labute approximate surface area is 90.6 Å². The molecule has 0 saturated carbocycles. The monoisotopic (exact) mass is 204 g/mol. The first-order valence-electron chi connectivity index (χ1n) is 5.04. The standard InChI is InChI=1S/C13H16O2/c1-3-4-5-6-11(2)7-8-12-9-13(14)15-10-12/h3,5-7,10H,1,4,8-9H2,2H3/b6-5-,11-7-. The van der Waals surface area contributed by atoms with E-state index < -0.39 is 0 Å². The SMILES string of the molecule is C=CC/C=C\C(C)=C/CC1=COC(=O)C1. The van der Waals surface area contributed by atoms with Crippen LogP contribution in [0.5, 0.6) is 0 Å². The third-order valence-electron chi connectivity index (χ3n) is 2.10. The highest BCUT2D eigenvalue weighted by atomic mass is 16.5. The fraction of sp³-hybridized carbons (Fsp3) is 0.308. The Bertz CT molecular complexity index is 332. The van der Waals surface area contributed by atoms with Crippen LogP contribution in [0.2, 0.25) is 0 Å². The second kappa shape index (κ2) is 6.02. The summed E-state index contributed by atoms with van der Waals surface area (Å²) in [6.07, 6.45) is 11.7. The van der Waals surface area contributed by atoms with Crippen molar-refractivity contribution in [3.63, 3.8) is 0 Å². The second-order valence-electron chi connectivity index (χ2n) is 3.52. The van der Waals surface area contributed by atoms with Gasteiger partial charge in [-0.3, -0.25) is 4.79 Å². The van der Waals surface area contributed by atoms with E-state index in [0.717, 1.165) is 18.4 Å². The molecule has 0 aliphatic carbocycles. The molecule has 1 aliphatic heterocycles. The molecule has 0 bridgehead atoms. The van der Waals surface area contributed by atoms with Gasteiger partial charge in [0.1, 0.15) is 0 Å². The zero-order valence-corrected chi connectivity index (χ0v) is 9.03. The molecule has 1 aliphatic rings. The molecule has 1 heterocycles. The largest absolute Gasteiger partial charge is 0.434 e. The molecular formula is C13H16O2. The van der Waals surface area contributed by atoms with Crippen LogP contribution in [0.25, 0.3) is 0 Å². The average Bonchev–Trinajstić information content (AvgIpc) is 2.62. The van der Waals surface area contributed by atoms with E-state index in [1.807, 2.05) is 13.0 Å². The number of cyclic esters (lactones) is 1. The molecule has 80 valence electrons. The van der Waals surface area contributed by atoms with Crippen molar-refractivity contribution in [1.82, 2.24) is 0 Å². The predicted octanol–water partition coefficient (Wildman–Crippen LogP) is 3.29. The van der Waals surface area contributed by atoms with Crippen LogP contribution in [0.1, 0.15) is 26.2 Å². The normalized spacial score (nSPS) is 16.7. The summed E-state index contributed by atoms with van der Waals surface area (Å²) in [5, 5.41) is 0. The van der Waals surface area contributed by atoms with Crippen LogP contribution in [0.3, 0.4) is 0 Å². The van der Waals surface area contributed by atoms with E-state index in [1.165, 1.54) is 5.57 Å². The number of rotatable bonds is 5. The minimum Gasteiger partial charge on any atom is -0.434 e. The van der Waals surface area contributed by atoms with Gasteiger partial charge in [0.05, 0.1) is 12.7 Å². The number of carbonyl (C=O) groups is 1. The second-order valence-corrected chi connectivity index (χ2v) is 3.52. The maximum Gasteiger partial charge on any atom is 0.314 e. The number of allylic oxidation sites excluding steroid dienone is 5. The highest BCUT2D eigenvalue weighted by Crippen LogP contribution is 2.17. The van der Waals surface area contributed by atoms with Crippen LogP contribution in [0.15, 0.2) is 48.3 Å². The summed E-state index contributed by atoms with van der Waals surface area (Å²) in [5.74, 6) is -0.154. The van der Waals surface area contributed by atoms with Gasteiger partial charge in [-0.2, -0.15) is 0 Å². The van der Waals surface area contributed by atoms with Gasteiger partial charge in [0.15, 0.2) is 0 Å². The molecule has 0 atom stereocenters. The maximum atomic E-state index is 10.8. The summed E-state index contributed by atoms with van der Waals surface area (Å²) in [6.45, 7) is 5.68. The van der Waals surface area contributed by atoms with Crippen molar-refractivity contribution in [1.29, 1.82) is 0 Å². The predicted molar refractivity (Wildman–Crippen MR) is 61.1 cm³/mol. The molecule has 0 aromatic carbocycles. The molecule has 0 amide bonds. The quantitative estimate of drug-likeness (QED) is 0.390. The van der Waals surface area contributed by atoms with Gasteiger partial charge in [0.2, 0.25) is 0 Å². The minimum absolute atomic E-state index is 0.154. The molecule has 0 fully saturated rings. The number of carbonyl (C=O) groups excluding carboxylic acids is 1. The van der Waals surface area contributed by atoms with Crippen molar-refractivity contribution in [3.05, 3.63) is 48.3 Å². The summed E-state index contributed by atoms with van der Waals surface area (Å²) in [5.41, 5.74) is 2.23. The molecular weight excluding hydrogens is 188 g/mol. The lowest BCUT2D eigenvalue weighted by molar-refractivity contribution is -0.135. The van der Waals surface area contributed by atoms with Crippen LogP contribution < -0.4 is 0 Å². The van der Waals surface area contributed by atoms with Gasteiger partial charge < -0.3 is 4.74 Å². The van der Waals surface area contributed by atoms with Gasteiger partial charge in [-0.1, -0.05) is 29.9 Å². The third-order valence-corrected chi connectivity index (χ3v) is 2.10. The summed E-state index contributed by atoms with van der Waals surface area (Å²) in [6, 6.07) is 0. The minimum atomic E-state index is -0.154. The molecule has 0 saturated heterocycles. The number of ether oxygens (including phenoxy) is 1. The van der Waals surface area contributed by atoms with E-state index in [1.54, 1.807) is 6.26 Å². The topological polar surface area (TPSA) is 26.3 Å². The van der Waals surface area contributed by atoms with E-state index in [9.17, 15) is 4.79 Å². The van der Waals surface area contributed by atoms with Crippen molar-refractivity contribution in [2.75, 3.05) is 0 Å². The Hall–Kier alpha value is -1.57. The lowest BCUT2D eigenvalue weighted by Gasteiger charge is -1.93. The Balaban J connectivity index is 2.37. The van der Waals surface area contributed by atoms with Gasteiger partial charge in [-0.25, -0.2) is 0 Å². The molecule has 0 spiro atoms. The first-order valence-corrected chi connectivity index (χ1v) is 5.04. The zero-order valence-electron chi connectivity index (χ0n) is 9.03. The number of hydrogen-bond donors (Lipinski definition) is 0. The summed E-state index contributed by atoms with van der Waals surface area (Å²) in [7, 11) is 0. The zero-order chi connectivity index (χ0) is 11.1. The van der Waals surface area contributed by atoms with E-state index in [-0.39, 0.29) is 5.97 Å². The van der Waals surface area contributed by atoms with E-state index in [0.29, 0.717) is 6.42 Å².